The van der Waals surface area contributed by atoms with Crippen molar-refractivity contribution < 1.29 is 13.2 Å². The number of anilines is 1. The van der Waals surface area contributed by atoms with Gasteiger partial charge >= 0.3 is 6.30 Å². The van der Waals surface area contributed by atoms with E-state index in [1.807, 2.05) is 0 Å². The number of alkyl halides is 3. The molecule has 0 unspecified atom stereocenters. The van der Waals surface area contributed by atoms with Crippen LogP contribution < -0.4 is 5.32 Å². The molecule has 1 aromatic carbocycles. The molecule has 1 nitrogen and oxygen atoms in total. The van der Waals surface area contributed by atoms with Gasteiger partial charge < -0.3 is 0 Å². The van der Waals surface area contributed by atoms with Crippen LogP contribution in [0.15, 0.2) is 24.3 Å². The topological polar surface area (TPSA) is 12.0 Å². The lowest BCUT2D eigenvalue weighted by Gasteiger charge is -2.08. The van der Waals surface area contributed by atoms with E-state index >= 15 is 0 Å². The fourth-order valence-corrected chi connectivity index (χ4v) is 0.823. The molecule has 0 bridgehead atoms. The fraction of sp³-hybridized carbons (Fsp3) is 0.143. The Morgan fingerprint density at radius 1 is 1.08 bits per heavy atom. The molecule has 0 aromatic heterocycles. The van der Waals surface area contributed by atoms with E-state index in [4.69, 9.17) is 11.6 Å². The maximum Gasteiger partial charge on any atom is 0.482 e. The fourth-order valence-electron chi connectivity index (χ4n) is 0.697. The number of hydrogen-bond donors (Lipinski definition) is 1. The number of rotatable bonds is 1. The lowest BCUT2D eigenvalue weighted by atomic mass is 10.3. The third-order valence-corrected chi connectivity index (χ3v) is 1.38. The van der Waals surface area contributed by atoms with E-state index in [9.17, 15) is 13.2 Å². The number of nitrogens with one attached hydrogen (secondary N) is 1. The Bertz CT molecular complexity index is 254. The van der Waals surface area contributed by atoms with E-state index in [0.717, 1.165) is 0 Å². The van der Waals surface area contributed by atoms with Gasteiger partial charge in [0.1, 0.15) is 0 Å². The number of halogens is 4. The van der Waals surface area contributed by atoms with Gasteiger partial charge in [0.15, 0.2) is 0 Å². The monoisotopic (exact) mass is 195 g/mol. The van der Waals surface area contributed by atoms with Gasteiger partial charge in [-0.05, 0) is 24.3 Å². The van der Waals surface area contributed by atoms with Crippen molar-refractivity contribution in [2.24, 2.45) is 0 Å². The van der Waals surface area contributed by atoms with Crippen LogP contribution >= 0.6 is 11.6 Å². The highest BCUT2D eigenvalue weighted by atomic mass is 35.5. The maximum atomic E-state index is 11.7. The maximum absolute atomic E-state index is 11.7. The van der Waals surface area contributed by atoms with Crippen LogP contribution in [0, 0.1) is 0 Å². The van der Waals surface area contributed by atoms with E-state index in [2.05, 4.69) is 0 Å². The second-order valence-corrected chi connectivity index (χ2v) is 2.57. The standard InChI is InChI=1S/C7H5ClF3N/c8-5-1-3-6(4-2-5)12-7(9,10)11/h1-4,12H. The molecule has 12 heavy (non-hydrogen) atoms. The number of benzene rings is 1. The van der Waals surface area contributed by atoms with Gasteiger partial charge in [-0.3, -0.25) is 5.32 Å². The van der Waals surface area contributed by atoms with E-state index in [1.54, 1.807) is 0 Å². The molecule has 66 valence electrons. The van der Waals surface area contributed by atoms with Crippen molar-refractivity contribution in [2.45, 2.75) is 6.30 Å². The first-order valence-corrected chi connectivity index (χ1v) is 3.46. The van der Waals surface area contributed by atoms with Crippen molar-refractivity contribution in [2.75, 3.05) is 5.32 Å². The van der Waals surface area contributed by atoms with Crippen molar-refractivity contribution >= 4 is 17.3 Å². The molecular weight excluding hydrogens is 191 g/mol. The van der Waals surface area contributed by atoms with Crippen molar-refractivity contribution in [1.29, 1.82) is 0 Å². The van der Waals surface area contributed by atoms with Gasteiger partial charge in [-0.2, -0.15) is 13.2 Å². The lowest BCUT2D eigenvalue weighted by molar-refractivity contribution is -0.0999. The van der Waals surface area contributed by atoms with Gasteiger partial charge in [-0.1, -0.05) is 11.6 Å². The van der Waals surface area contributed by atoms with Crippen LogP contribution in [-0.2, 0) is 0 Å². The molecule has 0 aliphatic rings. The van der Waals surface area contributed by atoms with Crippen molar-refractivity contribution in [1.82, 2.24) is 0 Å². The zero-order valence-corrected chi connectivity index (χ0v) is 6.58. The Balaban J connectivity index is 2.71. The molecule has 0 aliphatic heterocycles. The highest BCUT2D eigenvalue weighted by Gasteiger charge is 2.26. The normalized spacial score (nSPS) is 11.3. The van der Waals surface area contributed by atoms with Crippen LogP contribution in [0.2, 0.25) is 5.02 Å². The summed E-state index contributed by atoms with van der Waals surface area (Å²) in [5, 5.41) is 1.75. The summed E-state index contributed by atoms with van der Waals surface area (Å²) in [6.45, 7) is 0. The minimum atomic E-state index is -4.40. The Morgan fingerprint density at radius 3 is 2.00 bits per heavy atom. The van der Waals surface area contributed by atoms with Gasteiger partial charge in [0.05, 0.1) is 0 Å². The third-order valence-electron chi connectivity index (χ3n) is 1.13. The zero-order valence-electron chi connectivity index (χ0n) is 5.82. The van der Waals surface area contributed by atoms with Crippen LogP contribution in [0.5, 0.6) is 0 Å². The predicted molar refractivity (Wildman–Crippen MR) is 41.1 cm³/mol. The Labute approximate surface area is 72.1 Å². The average molecular weight is 196 g/mol. The molecule has 1 rings (SSSR count). The predicted octanol–water partition coefficient (Wildman–Crippen LogP) is 3.27. The molecule has 0 radical (unpaired) electrons. The van der Waals surface area contributed by atoms with E-state index in [1.165, 1.54) is 29.6 Å². The summed E-state index contributed by atoms with van der Waals surface area (Å²) in [5.41, 5.74) is -0.0214. The number of hydrogen-bond acceptors (Lipinski definition) is 1. The first-order chi connectivity index (χ1) is 5.47. The minimum absolute atomic E-state index is 0.0214. The van der Waals surface area contributed by atoms with Crippen molar-refractivity contribution in [3.63, 3.8) is 0 Å². The lowest BCUT2D eigenvalue weighted by Crippen LogP contribution is -2.20. The first-order valence-electron chi connectivity index (χ1n) is 3.08. The molecule has 0 amide bonds. The SMILES string of the molecule is FC(F)(F)Nc1ccc(Cl)cc1. The average Bonchev–Trinajstić information content (AvgIpc) is 1.91. The minimum Gasteiger partial charge on any atom is -0.298 e. The third kappa shape index (κ3) is 3.00. The van der Waals surface area contributed by atoms with Gasteiger partial charge in [-0.15, -0.1) is 0 Å². The van der Waals surface area contributed by atoms with E-state index < -0.39 is 6.30 Å². The highest BCUT2D eigenvalue weighted by molar-refractivity contribution is 6.30. The quantitative estimate of drug-likeness (QED) is 0.679. The van der Waals surface area contributed by atoms with Crippen LogP contribution in [0.3, 0.4) is 0 Å². The van der Waals surface area contributed by atoms with Crippen molar-refractivity contribution in [3.05, 3.63) is 29.3 Å². The molecule has 1 aromatic rings. The van der Waals surface area contributed by atoms with Gasteiger partial charge in [-0.25, -0.2) is 0 Å². The van der Waals surface area contributed by atoms with Crippen LogP contribution in [0.1, 0.15) is 0 Å². The second-order valence-electron chi connectivity index (χ2n) is 2.13. The Hall–Kier alpha value is -0.900. The molecular formula is C7H5ClF3N. The van der Waals surface area contributed by atoms with Crippen molar-refractivity contribution in [3.8, 4) is 0 Å². The molecule has 0 fully saturated rings. The van der Waals surface area contributed by atoms with Gasteiger partial charge in [0.2, 0.25) is 0 Å². The molecule has 5 heteroatoms. The van der Waals surface area contributed by atoms with Crippen LogP contribution in [0.4, 0.5) is 18.9 Å². The molecule has 0 atom stereocenters. The summed E-state index contributed by atoms with van der Waals surface area (Å²) in [4.78, 5) is 0. The molecule has 1 N–H and O–H groups in total. The largest absolute Gasteiger partial charge is 0.482 e. The van der Waals surface area contributed by atoms with E-state index in [-0.39, 0.29) is 5.69 Å². The van der Waals surface area contributed by atoms with Crippen LogP contribution in [0.25, 0.3) is 0 Å². The molecule has 0 aliphatic carbocycles. The molecule has 0 saturated carbocycles. The molecule has 0 saturated heterocycles. The second kappa shape index (κ2) is 3.23. The van der Waals surface area contributed by atoms with Crippen LogP contribution in [-0.4, -0.2) is 6.30 Å². The zero-order chi connectivity index (χ0) is 9.19. The summed E-state index contributed by atoms with van der Waals surface area (Å²) < 4.78 is 35.1. The summed E-state index contributed by atoms with van der Waals surface area (Å²) in [5.74, 6) is 0. The van der Waals surface area contributed by atoms with Gasteiger partial charge in [0, 0.05) is 10.7 Å². The molecule has 0 spiro atoms. The van der Waals surface area contributed by atoms with E-state index in [0.29, 0.717) is 5.02 Å². The smallest absolute Gasteiger partial charge is 0.298 e. The summed E-state index contributed by atoms with van der Waals surface area (Å²) in [6, 6.07) is 5.29. The van der Waals surface area contributed by atoms with Gasteiger partial charge in [0.25, 0.3) is 0 Å². The highest BCUT2D eigenvalue weighted by Crippen LogP contribution is 2.20. The Morgan fingerprint density at radius 2 is 1.58 bits per heavy atom. The first kappa shape index (κ1) is 9.19. The summed E-state index contributed by atoms with van der Waals surface area (Å²) in [6.07, 6.45) is -4.40. The summed E-state index contributed by atoms with van der Waals surface area (Å²) >= 11 is 5.47. The Kier molecular flexibility index (Phi) is 2.47. The summed E-state index contributed by atoms with van der Waals surface area (Å²) in [7, 11) is 0. The molecule has 0 heterocycles.